The second kappa shape index (κ2) is 6.20. The summed E-state index contributed by atoms with van der Waals surface area (Å²) in [5.74, 6) is 0.128. The second-order valence-corrected chi connectivity index (χ2v) is 6.00. The molecule has 1 amide bonds. The van der Waals surface area contributed by atoms with E-state index in [1.165, 1.54) is 5.56 Å². The van der Waals surface area contributed by atoms with Gasteiger partial charge in [-0.05, 0) is 43.8 Å². The molecule has 0 aromatic heterocycles. The van der Waals surface area contributed by atoms with Crippen molar-refractivity contribution in [1.29, 1.82) is 0 Å². The maximum atomic E-state index is 12.0. The van der Waals surface area contributed by atoms with Gasteiger partial charge in [0.05, 0.1) is 6.42 Å². The minimum atomic E-state index is 0.128. The number of piperidine rings is 1. The van der Waals surface area contributed by atoms with Crippen molar-refractivity contribution in [2.45, 2.75) is 33.1 Å². The first-order valence-electron chi connectivity index (χ1n) is 7.10. The Labute approximate surface area is 115 Å². The lowest BCUT2D eigenvalue weighted by Crippen LogP contribution is -2.43. The Balaban J connectivity index is 1.79. The largest absolute Gasteiger partial charge is 0.355 e. The Kier molecular flexibility index (Phi) is 4.59. The molecular formula is C16H24N2O. The molecule has 1 fully saturated rings. The number of rotatable bonds is 4. The molecule has 0 radical (unpaired) electrons. The van der Waals surface area contributed by atoms with Crippen molar-refractivity contribution in [3.8, 4) is 0 Å². The molecule has 0 saturated carbocycles. The standard InChI is InChI=1S/C16H24N2O/c1-13-3-5-14(6-4-13)11-15(19)18-12-16(2)7-9-17-10-8-16/h3-6,17H,7-12H2,1-2H3,(H,18,19). The summed E-state index contributed by atoms with van der Waals surface area (Å²) in [5, 5.41) is 6.45. The monoisotopic (exact) mass is 260 g/mol. The van der Waals surface area contributed by atoms with Crippen LogP contribution < -0.4 is 10.6 Å². The van der Waals surface area contributed by atoms with E-state index in [0.29, 0.717) is 6.42 Å². The maximum Gasteiger partial charge on any atom is 0.224 e. The molecule has 0 unspecified atom stereocenters. The van der Waals surface area contributed by atoms with Crippen LogP contribution in [0.3, 0.4) is 0 Å². The third kappa shape index (κ3) is 4.35. The topological polar surface area (TPSA) is 41.1 Å². The highest BCUT2D eigenvalue weighted by Gasteiger charge is 2.26. The van der Waals surface area contributed by atoms with Gasteiger partial charge in [0.1, 0.15) is 0 Å². The summed E-state index contributed by atoms with van der Waals surface area (Å²) in [6.45, 7) is 7.23. The zero-order valence-corrected chi connectivity index (χ0v) is 12.0. The molecule has 2 rings (SSSR count). The summed E-state index contributed by atoms with van der Waals surface area (Å²) in [6, 6.07) is 8.16. The minimum Gasteiger partial charge on any atom is -0.355 e. The van der Waals surface area contributed by atoms with E-state index in [2.05, 4.69) is 36.6 Å². The van der Waals surface area contributed by atoms with Gasteiger partial charge in [0.25, 0.3) is 0 Å². The fraction of sp³-hybridized carbons (Fsp3) is 0.562. The van der Waals surface area contributed by atoms with Gasteiger partial charge in [-0.2, -0.15) is 0 Å². The number of nitrogens with one attached hydrogen (secondary N) is 2. The van der Waals surface area contributed by atoms with Gasteiger partial charge in [-0.15, -0.1) is 0 Å². The van der Waals surface area contributed by atoms with Crippen molar-refractivity contribution in [3.05, 3.63) is 35.4 Å². The van der Waals surface area contributed by atoms with Crippen LogP contribution in [0.4, 0.5) is 0 Å². The van der Waals surface area contributed by atoms with Crippen molar-refractivity contribution in [1.82, 2.24) is 10.6 Å². The van der Waals surface area contributed by atoms with Crippen molar-refractivity contribution >= 4 is 5.91 Å². The number of hydrogen-bond donors (Lipinski definition) is 2. The fourth-order valence-electron chi connectivity index (χ4n) is 2.47. The Morgan fingerprint density at radius 3 is 2.53 bits per heavy atom. The van der Waals surface area contributed by atoms with Gasteiger partial charge in [-0.3, -0.25) is 4.79 Å². The molecule has 1 aliphatic heterocycles. The number of benzene rings is 1. The van der Waals surface area contributed by atoms with Crippen LogP contribution in [0.1, 0.15) is 30.9 Å². The second-order valence-electron chi connectivity index (χ2n) is 6.00. The van der Waals surface area contributed by atoms with Crippen LogP contribution in [0.2, 0.25) is 0 Å². The predicted octanol–water partition coefficient (Wildman–Crippen LogP) is 2.04. The number of carbonyl (C=O) groups excluding carboxylic acids is 1. The van der Waals surface area contributed by atoms with E-state index in [4.69, 9.17) is 0 Å². The molecule has 1 heterocycles. The zero-order valence-electron chi connectivity index (χ0n) is 12.0. The highest BCUT2D eigenvalue weighted by Crippen LogP contribution is 2.26. The summed E-state index contributed by atoms with van der Waals surface area (Å²) in [4.78, 5) is 12.0. The van der Waals surface area contributed by atoms with Crippen molar-refractivity contribution < 1.29 is 4.79 Å². The van der Waals surface area contributed by atoms with Crippen LogP contribution in [0.5, 0.6) is 0 Å². The number of hydrogen-bond acceptors (Lipinski definition) is 2. The van der Waals surface area contributed by atoms with Crippen molar-refractivity contribution in [3.63, 3.8) is 0 Å². The van der Waals surface area contributed by atoms with Crippen molar-refractivity contribution in [2.75, 3.05) is 19.6 Å². The molecule has 0 spiro atoms. The summed E-state index contributed by atoms with van der Waals surface area (Å²) in [6.07, 6.45) is 2.75. The Bertz CT molecular complexity index is 419. The lowest BCUT2D eigenvalue weighted by Gasteiger charge is -2.34. The van der Waals surface area contributed by atoms with E-state index < -0.39 is 0 Å². The summed E-state index contributed by atoms with van der Waals surface area (Å²) < 4.78 is 0. The molecule has 1 aromatic carbocycles. The molecule has 3 heteroatoms. The van der Waals surface area contributed by atoms with E-state index in [1.54, 1.807) is 0 Å². The highest BCUT2D eigenvalue weighted by atomic mass is 16.1. The molecule has 0 bridgehead atoms. The Morgan fingerprint density at radius 2 is 1.89 bits per heavy atom. The van der Waals surface area contributed by atoms with Gasteiger partial charge >= 0.3 is 0 Å². The van der Waals surface area contributed by atoms with Crippen LogP contribution in [-0.4, -0.2) is 25.5 Å². The first-order valence-corrected chi connectivity index (χ1v) is 7.10. The molecule has 0 aliphatic carbocycles. The lowest BCUT2D eigenvalue weighted by atomic mass is 9.81. The van der Waals surface area contributed by atoms with E-state index in [-0.39, 0.29) is 11.3 Å². The van der Waals surface area contributed by atoms with Gasteiger partial charge in [0, 0.05) is 6.54 Å². The van der Waals surface area contributed by atoms with E-state index in [1.807, 2.05) is 12.1 Å². The Morgan fingerprint density at radius 1 is 1.26 bits per heavy atom. The number of aryl methyl sites for hydroxylation is 1. The molecule has 2 N–H and O–H groups in total. The normalized spacial score (nSPS) is 18.0. The van der Waals surface area contributed by atoms with E-state index in [9.17, 15) is 4.79 Å². The van der Waals surface area contributed by atoms with Crippen LogP contribution in [0, 0.1) is 12.3 Å². The quantitative estimate of drug-likeness (QED) is 0.870. The number of amides is 1. The molecule has 104 valence electrons. The molecule has 1 aliphatic rings. The average molecular weight is 260 g/mol. The predicted molar refractivity (Wildman–Crippen MR) is 78.1 cm³/mol. The zero-order chi connectivity index (χ0) is 13.7. The molecule has 3 nitrogen and oxygen atoms in total. The van der Waals surface area contributed by atoms with E-state index in [0.717, 1.165) is 38.0 Å². The third-order valence-electron chi connectivity index (χ3n) is 4.01. The van der Waals surface area contributed by atoms with Gasteiger partial charge in [-0.1, -0.05) is 36.8 Å². The number of carbonyl (C=O) groups is 1. The first kappa shape index (κ1) is 14.1. The smallest absolute Gasteiger partial charge is 0.224 e. The molecule has 19 heavy (non-hydrogen) atoms. The first-order chi connectivity index (χ1) is 9.07. The van der Waals surface area contributed by atoms with E-state index >= 15 is 0 Å². The highest BCUT2D eigenvalue weighted by molar-refractivity contribution is 5.78. The third-order valence-corrected chi connectivity index (χ3v) is 4.01. The summed E-state index contributed by atoms with van der Waals surface area (Å²) in [5.41, 5.74) is 2.57. The average Bonchev–Trinajstić information content (AvgIpc) is 2.40. The van der Waals surface area contributed by atoms with Gasteiger partial charge in [0.15, 0.2) is 0 Å². The molecule has 0 atom stereocenters. The van der Waals surface area contributed by atoms with Gasteiger partial charge in [0.2, 0.25) is 5.91 Å². The van der Waals surface area contributed by atoms with Gasteiger partial charge < -0.3 is 10.6 Å². The Hall–Kier alpha value is -1.35. The lowest BCUT2D eigenvalue weighted by molar-refractivity contribution is -0.121. The summed E-state index contributed by atoms with van der Waals surface area (Å²) >= 11 is 0. The van der Waals surface area contributed by atoms with Crippen molar-refractivity contribution in [2.24, 2.45) is 5.41 Å². The van der Waals surface area contributed by atoms with Crippen LogP contribution in [0.15, 0.2) is 24.3 Å². The molecule has 1 aromatic rings. The molecule has 1 saturated heterocycles. The fourth-order valence-corrected chi connectivity index (χ4v) is 2.47. The maximum absolute atomic E-state index is 12.0. The SMILES string of the molecule is Cc1ccc(CC(=O)NCC2(C)CCNCC2)cc1. The molecular weight excluding hydrogens is 236 g/mol. The van der Waals surface area contributed by atoms with Crippen LogP contribution >= 0.6 is 0 Å². The van der Waals surface area contributed by atoms with Gasteiger partial charge in [-0.25, -0.2) is 0 Å². The minimum absolute atomic E-state index is 0.128. The van der Waals surface area contributed by atoms with Crippen LogP contribution in [0.25, 0.3) is 0 Å². The van der Waals surface area contributed by atoms with Crippen LogP contribution in [-0.2, 0) is 11.2 Å². The summed E-state index contributed by atoms with van der Waals surface area (Å²) in [7, 11) is 0.